The Morgan fingerprint density at radius 3 is 2.35 bits per heavy atom. The van der Waals surface area contributed by atoms with E-state index in [-0.39, 0.29) is 30.3 Å². The van der Waals surface area contributed by atoms with Gasteiger partial charge in [-0.1, -0.05) is 11.6 Å². The zero-order valence-corrected chi connectivity index (χ0v) is 18.6. The second-order valence-corrected chi connectivity index (χ2v) is 9.06. The number of halogens is 1. The lowest BCUT2D eigenvalue weighted by Gasteiger charge is -2.44. The Kier molecular flexibility index (Phi) is 5.89. The summed E-state index contributed by atoms with van der Waals surface area (Å²) in [6, 6.07) is 10.6. The first-order valence-corrected chi connectivity index (χ1v) is 11.0. The fourth-order valence-electron chi connectivity index (χ4n) is 4.35. The summed E-state index contributed by atoms with van der Waals surface area (Å²) in [6.07, 6.45) is 1.92. The lowest BCUT2D eigenvalue weighted by atomic mass is 9.82. The van der Waals surface area contributed by atoms with Gasteiger partial charge in [-0.15, -0.1) is 0 Å². The molecule has 0 aliphatic carbocycles. The largest absolute Gasteiger partial charge is 0.486 e. The van der Waals surface area contributed by atoms with E-state index in [1.54, 1.807) is 29.2 Å². The van der Waals surface area contributed by atoms with Crippen LogP contribution in [0.4, 0.5) is 0 Å². The Balaban J connectivity index is 1.34. The van der Waals surface area contributed by atoms with E-state index >= 15 is 0 Å². The number of rotatable bonds is 4. The number of benzene rings is 2. The summed E-state index contributed by atoms with van der Waals surface area (Å²) in [4.78, 5) is 39.5. The van der Waals surface area contributed by atoms with Crippen LogP contribution in [0, 0.1) is 13.8 Å². The quantitative estimate of drug-likeness (QED) is 0.632. The van der Waals surface area contributed by atoms with Crippen molar-refractivity contribution in [2.75, 3.05) is 13.1 Å². The van der Waals surface area contributed by atoms with E-state index in [9.17, 15) is 14.4 Å². The molecule has 0 bridgehead atoms. The van der Waals surface area contributed by atoms with Crippen LogP contribution in [0.15, 0.2) is 36.4 Å². The van der Waals surface area contributed by atoms with E-state index in [0.717, 1.165) is 11.1 Å². The third-order valence-electron chi connectivity index (χ3n) is 6.47. The molecule has 0 unspecified atom stereocenters. The molecule has 0 radical (unpaired) electrons. The molecular weight excluding hydrogens is 414 g/mol. The predicted molar refractivity (Wildman–Crippen MR) is 119 cm³/mol. The van der Waals surface area contributed by atoms with Crippen molar-refractivity contribution in [3.8, 4) is 5.75 Å². The highest BCUT2D eigenvalue weighted by molar-refractivity contribution is 6.30. The fourth-order valence-corrected chi connectivity index (χ4v) is 4.48. The number of nitrogens with zero attached hydrogens (tertiary/aromatic N) is 1. The normalized spacial score (nSPS) is 17.3. The maximum Gasteiger partial charge on any atom is 0.223 e. The molecule has 1 fully saturated rings. The Labute approximate surface area is 187 Å². The summed E-state index contributed by atoms with van der Waals surface area (Å²) >= 11 is 5.86. The van der Waals surface area contributed by atoms with Gasteiger partial charge in [0.2, 0.25) is 5.91 Å². The lowest BCUT2D eigenvalue weighted by molar-refractivity contribution is -0.134. The van der Waals surface area contributed by atoms with Crippen molar-refractivity contribution in [1.82, 2.24) is 4.90 Å². The highest BCUT2D eigenvalue weighted by atomic mass is 35.5. The number of hydrogen-bond donors (Lipinski definition) is 0. The third kappa shape index (κ3) is 4.52. The molecule has 2 heterocycles. The number of fused-ring (bicyclic) bond motifs is 1. The van der Waals surface area contributed by atoms with Gasteiger partial charge in [-0.2, -0.15) is 0 Å². The van der Waals surface area contributed by atoms with E-state index in [2.05, 4.69) is 0 Å². The second kappa shape index (κ2) is 8.46. The van der Waals surface area contributed by atoms with E-state index in [1.165, 1.54) is 0 Å². The van der Waals surface area contributed by atoms with Crippen LogP contribution in [0.25, 0.3) is 0 Å². The predicted octanol–water partition coefficient (Wildman–Crippen LogP) is 4.95. The van der Waals surface area contributed by atoms with Gasteiger partial charge in [-0.25, -0.2) is 0 Å². The number of carbonyl (C=O) groups is 3. The number of likely N-dealkylation sites (tertiary alicyclic amines) is 1. The van der Waals surface area contributed by atoms with Gasteiger partial charge in [0.1, 0.15) is 11.4 Å². The Morgan fingerprint density at radius 2 is 1.68 bits per heavy atom. The molecule has 1 amide bonds. The molecular formula is C25H26ClNO4. The third-order valence-corrected chi connectivity index (χ3v) is 6.72. The van der Waals surface area contributed by atoms with Crippen molar-refractivity contribution in [1.29, 1.82) is 0 Å². The summed E-state index contributed by atoms with van der Waals surface area (Å²) in [7, 11) is 0. The number of carbonyl (C=O) groups excluding carboxylic acids is 3. The van der Waals surface area contributed by atoms with Crippen LogP contribution in [0.3, 0.4) is 0 Å². The maximum absolute atomic E-state index is 12.8. The molecule has 0 saturated carbocycles. The zero-order chi connectivity index (χ0) is 22.2. The van der Waals surface area contributed by atoms with Gasteiger partial charge in [-0.05, 0) is 61.4 Å². The number of amides is 1. The van der Waals surface area contributed by atoms with Crippen molar-refractivity contribution in [3.63, 3.8) is 0 Å². The molecule has 162 valence electrons. The summed E-state index contributed by atoms with van der Waals surface area (Å²) < 4.78 is 6.34. The first kappa shape index (κ1) is 21.6. The van der Waals surface area contributed by atoms with E-state index in [0.29, 0.717) is 54.3 Å². The summed E-state index contributed by atoms with van der Waals surface area (Å²) in [6.45, 7) is 5.06. The van der Waals surface area contributed by atoms with Crippen LogP contribution in [0.5, 0.6) is 5.75 Å². The van der Waals surface area contributed by atoms with Crippen LogP contribution in [-0.2, 0) is 4.79 Å². The lowest BCUT2D eigenvalue weighted by Crippen LogP contribution is -2.52. The number of aryl methyl sites for hydroxylation is 2. The molecule has 2 aromatic rings. The standard InChI is InChI=1S/C25H26ClNO4/c1-16-13-20-22(29)15-25(31-23(20)14-17(16)2)9-11-27(12-10-25)24(30)8-7-21(28)18-3-5-19(26)6-4-18/h3-6,13-14H,7-12,15H2,1-2H3. The summed E-state index contributed by atoms with van der Waals surface area (Å²) in [5, 5.41) is 0.575. The molecule has 2 aliphatic heterocycles. The van der Waals surface area contributed by atoms with Gasteiger partial charge >= 0.3 is 0 Å². The molecule has 0 aromatic heterocycles. The van der Waals surface area contributed by atoms with Gasteiger partial charge in [-0.3, -0.25) is 14.4 Å². The minimum Gasteiger partial charge on any atom is -0.486 e. The minimum absolute atomic E-state index is 0.0360. The maximum atomic E-state index is 12.8. The topological polar surface area (TPSA) is 63.7 Å². The Bertz CT molecular complexity index is 1040. The van der Waals surface area contributed by atoms with Crippen LogP contribution in [0.2, 0.25) is 5.02 Å². The van der Waals surface area contributed by atoms with E-state index in [4.69, 9.17) is 16.3 Å². The van der Waals surface area contributed by atoms with Gasteiger partial charge < -0.3 is 9.64 Å². The van der Waals surface area contributed by atoms with Crippen molar-refractivity contribution >= 4 is 29.1 Å². The highest BCUT2D eigenvalue weighted by Crippen LogP contribution is 2.40. The smallest absolute Gasteiger partial charge is 0.223 e. The fraction of sp³-hybridized carbons (Fsp3) is 0.400. The van der Waals surface area contributed by atoms with Crippen molar-refractivity contribution in [3.05, 3.63) is 63.7 Å². The van der Waals surface area contributed by atoms with Crippen molar-refractivity contribution in [2.45, 2.75) is 51.6 Å². The van der Waals surface area contributed by atoms with Crippen LogP contribution in [0.1, 0.15) is 63.9 Å². The van der Waals surface area contributed by atoms with E-state index < -0.39 is 5.60 Å². The van der Waals surface area contributed by atoms with E-state index in [1.807, 2.05) is 26.0 Å². The second-order valence-electron chi connectivity index (χ2n) is 8.63. The minimum atomic E-state index is -0.540. The van der Waals surface area contributed by atoms with Crippen molar-refractivity contribution in [2.24, 2.45) is 0 Å². The molecule has 1 saturated heterocycles. The Hall–Kier alpha value is -2.66. The van der Waals surface area contributed by atoms with Crippen LogP contribution in [-0.4, -0.2) is 41.1 Å². The van der Waals surface area contributed by atoms with Gasteiger partial charge in [0.25, 0.3) is 0 Å². The SMILES string of the molecule is Cc1cc2c(cc1C)C(=O)CC1(CCN(C(=O)CCC(=O)c3ccc(Cl)cc3)CC1)O2. The number of piperidine rings is 1. The average Bonchev–Trinajstić information content (AvgIpc) is 2.74. The molecule has 5 nitrogen and oxygen atoms in total. The monoisotopic (exact) mass is 439 g/mol. The molecule has 1 spiro atoms. The van der Waals surface area contributed by atoms with Crippen LogP contribution < -0.4 is 4.74 Å². The summed E-state index contributed by atoms with van der Waals surface area (Å²) in [5.74, 6) is 0.665. The highest BCUT2D eigenvalue weighted by Gasteiger charge is 2.43. The number of Topliss-reactive ketones (excluding diaryl/α,β-unsaturated/α-hetero) is 2. The summed E-state index contributed by atoms with van der Waals surface area (Å²) in [5.41, 5.74) is 2.87. The molecule has 4 rings (SSSR count). The van der Waals surface area contributed by atoms with Gasteiger partial charge in [0.15, 0.2) is 11.6 Å². The molecule has 31 heavy (non-hydrogen) atoms. The van der Waals surface area contributed by atoms with Crippen LogP contribution >= 0.6 is 11.6 Å². The number of ketones is 2. The average molecular weight is 440 g/mol. The molecule has 6 heteroatoms. The first-order valence-electron chi connectivity index (χ1n) is 10.7. The molecule has 0 N–H and O–H groups in total. The van der Waals surface area contributed by atoms with Crippen molar-refractivity contribution < 1.29 is 19.1 Å². The zero-order valence-electron chi connectivity index (χ0n) is 17.9. The number of ether oxygens (including phenoxy) is 1. The molecule has 2 aliphatic rings. The molecule has 0 atom stereocenters. The van der Waals surface area contributed by atoms with Gasteiger partial charge in [0, 0.05) is 49.4 Å². The molecule has 2 aromatic carbocycles. The first-order chi connectivity index (χ1) is 14.8. The number of hydrogen-bond acceptors (Lipinski definition) is 4. The Morgan fingerprint density at radius 1 is 1.03 bits per heavy atom. The van der Waals surface area contributed by atoms with Gasteiger partial charge in [0.05, 0.1) is 12.0 Å².